The number of rotatable bonds is 8. The van der Waals surface area contributed by atoms with Crippen molar-refractivity contribution >= 4 is 39.1 Å². The Morgan fingerprint density at radius 2 is 1.86 bits per heavy atom. The van der Waals surface area contributed by atoms with Crippen LogP contribution in [0.3, 0.4) is 0 Å². The zero-order valence-corrected chi connectivity index (χ0v) is 17.0. The topological polar surface area (TPSA) is 69.7 Å². The van der Waals surface area contributed by atoms with Gasteiger partial charge in [0.15, 0.2) is 11.6 Å². The van der Waals surface area contributed by atoms with Crippen molar-refractivity contribution in [3.8, 4) is 11.5 Å². The summed E-state index contributed by atoms with van der Waals surface area (Å²) in [4.78, 5) is 37.2. The Balaban J connectivity index is 1.76. The maximum absolute atomic E-state index is 12.5. The van der Waals surface area contributed by atoms with E-state index in [0.717, 1.165) is 28.0 Å². The van der Waals surface area contributed by atoms with Crippen molar-refractivity contribution in [2.24, 2.45) is 0 Å². The second kappa shape index (κ2) is 9.30. The lowest BCUT2D eigenvalue weighted by Crippen LogP contribution is -2.14. The highest BCUT2D eigenvalue weighted by Crippen LogP contribution is 2.28. The van der Waals surface area contributed by atoms with Gasteiger partial charge in [0, 0.05) is 0 Å². The van der Waals surface area contributed by atoms with E-state index in [9.17, 15) is 14.4 Å². The summed E-state index contributed by atoms with van der Waals surface area (Å²) >= 11 is 0.961. The summed E-state index contributed by atoms with van der Waals surface area (Å²) in [6.07, 6.45) is 2.62. The molecule has 0 amide bonds. The Bertz CT molecular complexity index is 1130. The first-order valence-corrected chi connectivity index (χ1v) is 9.91. The second-order valence-corrected chi connectivity index (χ2v) is 7.21. The van der Waals surface area contributed by atoms with Gasteiger partial charge in [0.2, 0.25) is 4.74 Å². The van der Waals surface area contributed by atoms with Crippen molar-refractivity contribution in [1.29, 1.82) is 0 Å². The number of ether oxygens (including phenoxy) is 2. The summed E-state index contributed by atoms with van der Waals surface area (Å²) in [7, 11) is 1.58. The monoisotopic (exact) mass is 408 g/mol. The van der Waals surface area contributed by atoms with E-state index < -0.39 is 5.78 Å². The number of hydrogen-bond acceptors (Lipinski definition) is 6. The SMILES string of the molecule is CCOc1cccc2cc(C(=O)CC(=O)/C=C/c3ccc(OC)cc3)c(=O)sc12. The number of benzene rings is 2. The quantitative estimate of drug-likeness (QED) is 0.311. The summed E-state index contributed by atoms with van der Waals surface area (Å²) in [5.74, 6) is 0.485. The molecule has 1 heterocycles. The molecule has 29 heavy (non-hydrogen) atoms. The smallest absolute Gasteiger partial charge is 0.243 e. The average molecular weight is 408 g/mol. The zero-order chi connectivity index (χ0) is 20.8. The number of fused-ring (bicyclic) bond motifs is 1. The highest BCUT2D eigenvalue weighted by atomic mass is 32.1. The van der Waals surface area contributed by atoms with E-state index in [2.05, 4.69) is 0 Å². The van der Waals surface area contributed by atoms with Crippen LogP contribution in [0.15, 0.2) is 59.4 Å². The van der Waals surface area contributed by atoms with Crippen LogP contribution in [0.1, 0.15) is 29.3 Å². The van der Waals surface area contributed by atoms with E-state index in [1.165, 1.54) is 6.08 Å². The van der Waals surface area contributed by atoms with Gasteiger partial charge in [-0.05, 0) is 48.2 Å². The fourth-order valence-electron chi connectivity index (χ4n) is 2.80. The summed E-state index contributed by atoms with van der Waals surface area (Å²) in [6.45, 7) is 2.35. The van der Waals surface area contributed by atoms with Crippen molar-refractivity contribution in [2.75, 3.05) is 13.7 Å². The first kappa shape index (κ1) is 20.5. The molecule has 0 spiro atoms. The maximum Gasteiger partial charge on any atom is 0.243 e. The molecule has 6 heteroatoms. The molecule has 3 rings (SSSR count). The summed E-state index contributed by atoms with van der Waals surface area (Å²) in [6, 6.07) is 14.1. The predicted molar refractivity (Wildman–Crippen MR) is 115 cm³/mol. The zero-order valence-electron chi connectivity index (χ0n) is 16.1. The molecule has 0 radical (unpaired) electrons. The molecule has 0 atom stereocenters. The van der Waals surface area contributed by atoms with E-state index in [0.29, 0.717) is 17.1 Å². The first-order valence-electron chi connectivity index (χ1n) is 9.09. The van der Waals surface area contributed by atoms with Crippen LogP contribution in [-0.4, -0.2) is 25.3 Å². The number of carbonyl (C=O) groups is 2. The van der Waals surface area contributed by atoms with E-state index >= 15 is 0 Å². The van der Waals surface area contributed by atoms with Gasteiger partial charge in [-0.15, -0.1) is 0 Å². The molecule has 0 saturated carbocycles. The number of methoxy groups -OCH3 is 1. The molecule has 0 unspecified atom stereocenters. The van der Waals surface area contributed by atoms with Gasteiger partial charge in [-0.25, -0.2) is 0 Å². The average Bonchev–Trinajstić information content (AvgIpc) is 2.73. The molecule has 3 aromatic rings. The fraction of sp³-hybridized carbons (Fsp3) is 0.174. The third kappa shape index (κ3) is 4.97. The van der Waals surface area contributed by atoms with Crippen LogP contribution in [0, 0.1) is 0 Å². The normalized spacial score (nSPS) is 11.0. The van der Waals surface area contributed by atoms with Crippen LogP contribution < -0.4 is 14.2 Å². The van der Waals surface area contributed by atoms with Gasteiger partial charge in [0.05, 0.1) is 30.4 Å². The molecule has 5 nitrogen and oxygen atoms in total. The molecule has 0 aliphatic rings. The van der Waals surface area contributed by atoms with Gasteiger partial charge >= 0.3 is 0 Å². The molecule has 0 saturated heterocycles. The predicted octanol–water partition coefficient (Wildman–Crippen LogP) is 4.52. The molecule has 0 aliphatic carbocycles. The molecule has 0 N–H and O–H groups in total. The first-order chi connectivity index (χ1) is 14.0. The van der Waals surface area contributed by atoms with Crippen molar-refractivity contribution in [2.45, 2.75) is 13.3 Å². The van der Waals surface area contributed by atoms with Gasteiger partial charge in [0.1, 0.15) is 11.5 Å². The van der Waals surface area contributed by atoms with E-state index in [4.69, 9.17) is 9.47 Å². The highest BCUT2D eigenvalue weighted by Gasteiger charge is 2.16. The summed E-state index contributed by atoms with van der Waals surface area (Å²) < 4.78 is 11.0. The second-order valence-electron chi connectivity index (χ2n) is 6.23. The lowest BCUT2D eigenvalue weighted by Gasteiger charge is -2.07. The molecule has 0 aliphatic heterocycles. The van der Waals surface area contributed by atoms with Gasteiger partial charge in [-0.1, -0.05) is 41.7 Å². The van der Waals surface area contributed by atoms with Gasteiger partial charge in [0.25, 0.3) is 0 Å². The minimum Gasteiger partial charge on any atom is -0.497 e. The molecular formula is C23H20O5S. The van der Waals surface area contributed by atoms with E-state index in [1.54, 1.807) is 49.6 Å². The Morgan fingerprint density at radius 1 is 1.10 bits per heavy atom. The largest absolute Gasteiger partial charge is 0.497 e. The van der Waals surface area contributed by atoms with Crippen LogP contribution in [0.25, 0.3) is 16.2 Å². The Labute approximate surface area is 172 Å². The molecule has 148 valence electrons. The summed E-state index contributed by atoms with van der Waals surface area (Å²) in [5.41, 5.74) is 0.842. The van der Waals surface area contributed by atoms with Gasteiger partial charge in [-0.3, -0.25) is 14.4 Å². The van der Waals surface area contributed by atoms with Crippen molar-refractivity contribution in [1.82, 2.24) is 0 Å². The number of allylic oxidation sites excluding steroid dienone is 1. The Hall–Kier alpha value is -3.25. The molecule has 0 fully saturated rings. The van der Waals surface area contributed by atoms with Crippen molar-refractivity contribution in [3.05, 3.63) is 75.3 Å². The minimum atomic E-state index is -0.487. The molecule has 1 aromatic heterocycles. The number of ketones is 2. The Morgan fingerprint density at radius 3 is 2.55 bits per heavy atom. The number of carbonyl (C=O) groups excluding carboxylic acids is 2. The Kier molecular flexibility index (Phi) is 6.57. The minimum absolute atomic E-state index is 0.0299. The molecule has 0 bridgehead atoms. The molecular weight excluding hydrogens is 388 g/mol. The van der Waals surface area contributed by atoms with Crippen LogP contribution in [0.4, 0.5) is 0 Å². The maximum atomic E-state index is 12.5. The number of Topliss-reactive ketones (excluding diaryl/α,β-unsaturated/α-hetero) is 1. The highest BCUT2D eigenvalue weighted by molar-refractivity contribution is 7.16. The van der Waals surface area contributed by atoms with E-state index in [-0.39, 0.29) is 22.5 Å². The summed E-state index contributed by atoms with van der Waals surface area (Å²) in [5, 5.41) is 0.741. The van der Waals surface area contributed by atoms with Gasteiger partial charge < -0.3 is 9.47 Å². The van der Waals surface area contributed by atoms with Crippen LogP contribution in [-0.2, 0) is 4.79 Å². The van der Waals surface area contributed by atoms with Crippen molar-refractivity contribution in [3.63, 3.8) is 0 Å². The van der Waals surface area contributed by atoms with Crippen molar-refractivity contribution < 1.29 is 19.1 Å². The van der Waals surface area contributed by atoms with Crippen LogP contribution in [0.5, 0.6) is 11.5 Å². The third-order valence-corrected chi connectivity index (χ3v) is 5.28. The van der Waals surface area contributed by atoms with Crippen LogP contribution in [0.2, 0.25) is 0 Å². The third-order valence-electron chi connectivity index (χ3n) is 4.24. The standard InChI is InChI=1S/C23H20O5S/c1-3-28-21-6-4-5-16-13-19(23(26)29-22(16)21)20(25)14-17(24)10-7-15-8-11-18(27-2)12-9-15/h4-13H,3,14H2,1-2H3/b10-7+. The number of hydrogen-bond donors (Lipinski definition) is 0. The lowest BCUT2D eigenvalue weighted by molar-refractivity contribution is -0.113. The van der Waals surface area contributed by atoms with Crippen LogP contribution >= 0.6 is 11.3 Å². The molecule has 2 aromatic carbocycles. The fourth-order valence-corrected chi connectivity index (χ4v) is 3.74. The van der Waals surface area contributed by atoms with Gasteiger partial charge in [-0.2, -0.15) is 0 Å². The van der Waals surface area contributed by atoms with E-state index in [1.807, 2.05) is 19.1 Å². The lowest BCUT2D eigenvalue weighted by atomic mass is 10.1.